The maximum absolute atomic E-state index is 13.3. The predicted molar refractivity (Wildman–Crippen MR) is 82.6 cm³/mol. The highest BCUT2D eigenvalue weighted by atomic mass is 19.1. The van der Waals surface area contributed by atoms with Crippen LogP contribution in [0.3, 0.4) is 0 Å². The van der Waals surface area contributed by atoms with Crippen LogP contribution in [0.25, 0.3) is 11.0 Å². The molecule has 1 atom stereocenters. The van der Waals surface area contributed by atoms with Crippen molar-refractivity contribution < 1.29 is 8.81 Å². The van der Waals surface area contributed by atoms with Crippen molar-refractivity contribution in [2.75, 3.05) is 13.1 Å². The zero-order valence-electron chi connectivity index (χ0n) is 12.7. The van der Waals surface area contributed by atoms with Crippen LogP contribution in [0.1, 0.15) is 44.9 Å². The highest BCUT2D eigenvalue weighted by Crippen LogP contribution is 2.34. The predicted octanol–water partition coefficient (Wildman–Crippen LogP) is 3.84. The van der Waals surface area contributed by atoms with E-state index in [2.05, 4.69) is 18.7 Å². The molecular formula is C17H23FN2O. The van der Waals surface area contributed by atoms with Crippen molar-refractivity contribution in [1.82, 2.24) is 4.90 Å². The van der Waals surface area contributed by atoms with Gasteiger partial charge < -0.3 is 10.2 Å². The van der Waals surface area contributed by atoms with Gasteiger partial charge in [-0.05, 0) is 64.0 Å². The summed E-state index contributed by atoms with van der Waals surface area (Å²) in [6, 6.07) is 6.20. The van der Waals surface area contributed by atoms with Crippen molar-refractivity contribution in [2.24, 2.45) is 5.73 Å². The lowest BCUT2D eigenvalue weighted by atomic mass is 9.89. The summed E-state index contributed by atoms with van der Waals surface area (Å²) in [6.45, 7) is 6.48. The summed E-state index contributed by atoms with van der Waals surface area (Å²) < 4.78 is 19.1. The maximum atomic E-state index is 13.3. The van der Waals surface area contributed by atoms with Gasteiger partial charge in [0.15, 0.2) is 0 Å². The first-order valence-electron chi connectivity index (χ1n) is 7.68. The minimum absolute atomic E-state index is 0.174. The third kappa shape index (κ3) is 2.70. The van der Waals surface area contributed by atoms with Crippen LogP contribution in [0.5, 0.6) is 0 Å². The zero-order chi connectivity index (χ0) is 15.0. The highest BCUT2D eigenvalue weighted by molar-refractivity contribution is 5.78. The molecule has 114 valence electrons. The van der Waals surface area contributed by atoms with Gasteiger partial charge in [-0.15, -0.1) is 0 Å². The van der Waals surface area contributed by atoms with E-state index in [0.717, 1.165) is 24.2 Å². The van der Waals surface area contributed by atoms with Gasteiger partial charge in [0.2, 0.25) is 0 Å². The molecule has 0 spiro atoms. The van der Waals surface area contributed by atoms with Crippen LogP contribution in [0.4, 0.5) is 4.39 Å². The summed E-state index contributed by atoms with van der Waals surface area (Å²) in [7, 11) is 0. The van der Waals surface area contributed by atoms with Crippen molar-refractivity contribution in [3.8, 4) is 0 Å². The SMILES string of the molecule is CC(C)(C(N)c1cc2cc(F)ccc2o1)N1CCCCC1. The Morgan fingerprint density at radius 2 is 1.90 bits per heavy atom. The fraction of sp³-hybridized carbons (Fsp3) is 0.529. The lowest BCUT2D eigenvalue weighted by molar-refractivity contribution is 0.0671. The summed E-state index contributed by atoms with van der Waals surface area (Å²) >= 11 is 0. The molecule has 2 aromatic rings. The first-order valence-corrected chi connectivity index (χ1v) is 7.68. The Morgan fingerprint density at radius 3 is 2.62 bits per heavy atom. The van der Waals surface area contributed by atoms with Crippen LogP contribution in [0, 0.1) is 5.82 Å². The number of hydrogen-bond donors (Lipinski definition) is 1. The second-order valence-corrected chi connectivity index (χ2v) is 6.51. The second-order valence-electron chi connectivity index (χ2n) is 6.51. The van der Waals surface area contributed by atoms with Gasteiger partial charge in [0.1, 0.15) is 17.2 Å². The number of rotatable bonds is 3. The molecule has 2 heterocycles. The van der Waals surface area contributed by atoms with E-state index in [9.17, 15) is 4.39 Å². The van der Waals surface area contributed by atoms with Gasteiger partial charge in [-0.1, -0.05) is 6.42 Å². The van der Waals surface area contributed by atoms with Gasteiger partial charge in [-0.2, -0.15) is 0 Å². The summed E-state index contributed by atoms with van der Waals surface area (Å²) in [6.07, 6.45) is 3.74. The number of fused-ring (bicyclic) bond motifs is 1. The number of benzene rings is 1. The van der Waals surface area contributed by atoms with Gasteiger partial charge in [0.25, 0.3) is 0 Å². The van der Waals surface area contributed by atoms with Gasteiger partial charge >= 0.3 is 0 Å². The number of halogens is 1. The van der Waals surface area contributed by atoms with Crippen molar-refractivity contribution in [1.29, 1.82) is 0 Å². The minimum atomic E-state index is -0.251. The molecule has 3 nitrogen and oxygen atoms in total. The third-order valence-electron chi connectivity index (χ3n) is 4.74. The van der Waals surface area contributed by atoms with Crippen molar-refractivity contribution in [3.63, 3.8) is 0 Å². The standard InChI is InChI=1S/C17H23FN2O/c1-17(2,20-8-4-3-5-9-20)16(19)15-11-12-10-13(18)6-7-14(12)21-15/h6-7,10-11,16H,3-5,8-9,19H2,1-2H3. The van der Waals surface area contributed by atoms with Crippen LogP contribution in [-0.4, -0.2) is 23.5 Å². The fourth-order valence-electron chi connectivity index (χ4n) is 3.20. The molecule has 1 saturated heterocycles. The molecule has 1 aliphatic heterocycles. The Hall–Kier alpha value is -1.39. The molecular weight excluding hydrogens is 267 g/mol. The molecule has 21 heavy (non-hydrogen) atoms. The molecule has 1 unspecified atom stereocenters. The van der Waals surface area contributed by atoms with Crippen molar-refractivity contribution >= 4 is 11.0 Å². The van der Waals surface area contributed by atoms with E-state index >= 15 is 0 Å². The number of piperidine rings is 1. The van der Waals surface area contributed by atoms with Crippen LogP contribution < -0.4 is 5.73 Å². The molecule has 0 bridgehead atoms. The van der Waals surface area contributed by atoms with E-state index in [1.165, 1.54) is 31.4 Å². The minimum Gasteiger partial charge on any atom is -0.459 e. The van der Waals surface area contributed by atoms with E-state index in [1.54, 1.807) is 6.07 Å². The number of hydrogen-bond acceptors (Lipinski definition) is 3. The molecule has 0 radical (unpaired) electrons. The monoisotopic (exact) mass is 290 g/mol. The third-order valence-corrected chi connectivity index (χ3v) is 4.74. The van der Waals surface area contributed by atoms with Crippen LogP contribution >= 0.6 is 0 Å². The quantitative estimate of drug-likeness (QED) is 0.934. The van der Waals surface area contributed by atoms with E-state index in [4.69, 9.17) is 10.2 Å². The summed E-state index contributed by atoms with van der Waals surface area (Å²) in [5, 5.41) is 0.773. The van der Waals surface area contributed by atoms with Crippen LogP contribution in [0.2, 0.25) is 0 Å². The fourth-order valence-corrected chi connectivity index (χ4v) is 3.20. The Labute approximate surface area is 124 Å². The van der Waals surface area contributed by atoms with Gasteiger partial charge in [0.05, 0.1) is 6.04 Å². The number of nitrogens with zero attached hydrogens (tertiary/aromatic N) is 1. The highest BCUT2D eigenvalue weighted by Gasteiger charge is 2.36. The number of nitrogens with two attached hydrogens (primary N) is 1. The molecule has 2 N–H and O–H groups in total. The second kappa shape index (κ2) is 5.43. The molecule has 0 amide bonds. The maximum Gasteiger partial charge on any atom is 0.134 e. The van der Waals surface area contributed by atoms with Gasteiger partial charge in [-0.25, -0.2) is 4.39 Å². The Bertz CT molecular complexity index is 629. The topological polar surface area (TPSA) is 42.4 Å². The zero-order valence-corrected chi connectivity index (χ0v) is 12.7. The van der Waals surface area contributed by atoms with Crippen molar-refractivity contribution in [3.05, 3.63) is 35.8 Å². The molecule has 1 aromatic heterocycles. The molecule has 1 aliphatic rings. The van der Waals surface area contributed by atoms with E-state index in [1.807, 2.05) is 6.07 Å². The molecule has 1 aromatic carbocycles. The molecule has 1 fully saturated rings. The molecule has 3 rings (SSSR count). The Morgan fingerprint density at radius 1 is 1.19 bits per heavy atom. The largest absolute Gasteiger partial charge is 0.459 e. The first-order chi connectivity index (χ1) is 9.98. The van der Waals surface area contributed by atoms with Gasteiger partial charge in [-0.3, -0.25) is 4.90 Å². The number of likely N-dealkylation sites (tertiary alicyclic amines) is 1. The van der Waals surface area contributed by atoms with Crippen molar-refractivity contribution in [2.45, 2.75) is 44.7 Å². The van der Waals surface area contributed by atoms with E-state index in [0.29, 0.717) is 5.58 Å². The first kappa shape index (κ1) is 14.5. The van der Waals surface area contributed by atoms with Gasteiger partial charge in [0, 0.05) is 10.9 Å². The summed E-state index contributed by atoms with van der Waals surface area (Å²) in [5.41, 5.74) is 6.99. The average Bonchev–Trinajstić information content (AvgIpc) is 2.90. The normalized spacial score (nSPS) is 19.0. The van der Waals surface area contributed by atoms with E-state index < -0.39 is 0 Å². The lowest BCUT2D eigenvalue weighted by Crippen LogP contribution is -2.52. The molecule has 0 aliphatic carbocycles. The lowest BCUT2D eigenvalue weighted by Gasteiger charge is -2.43. The van der Waals surface area contributed by atoms with E-state index in [-0.39, 0.29) is 17.4 Å². The molecule has 4 heteroatoms. The Balaban J connectivity index is 1.89. The van der Waals surface area contributed by atoms with Crippen LogP contribution in [-0.2, 0) is 0 Å². The Kier molecular flexibility index (Phi) is 3.76. The number of furan rings is 1. The summed E-state index contributed by atoms with van der Waals surface area (Å²) in [4.78, 5) is 2.44. The average molecular weight is 290 g/mol. The summed E-state index contributed by atoms with van der Waals surface area (Å²) in [5.74, 6) is 0.477. The molecule has 0 saturated carbocycles. The van der Waals surface area contributed by atoms with Crippen LogP contribution in [0.15, 0.2) is 28.7 Å². The smallest absolute Gasteiger partial charge is 0.134 e.